The molecule has 114 valence electrons. The van der Waals surface area contributed by atoms with E-state index in [0.717, 1.165) is 29.5 Å². The summed E-state index contributed by atoms with van der Waals surface area (Å²) in [5.74, 6) is -0.918. The van der Waals surface area contributed by atoms with Crippen LogP contribution in [-0.2, 0) is 16.0 Å². The zero-order valence-corrected chi connectivity index (χ0v) is 12.7. The minimum atomic E-state index is -0.713. The molecule has 1 fully saturated rings. The third-order valence-corrected chi connectivity index (χ3v) is 4.42. The highest BCUT2D eigenvalue weighted by Crippen LogP contribution is 2.24. The molecule has 1 aromatic carbocycles. The van der Waals surface area contributed by atoms with Crippen molar-refractivity contribution >= 4 is 11.9 Å². The summed E-state index contributed by atoms with van der Waals surface area (Å²) in [6.45, 7) is 4.04. The summed E-state index contributed by atoms with van der Waals surface area (Å²) in [5, 5.41) is 12.0. The van der Waals surface area contributed by atoms with E-state index in [4.69, 9.17) is 5.11 Å². The van der Waals surface area contributed by atoms with Crippen molar-refractivity contribution in [1.82, 2.24) is 5.32 Å². The highest BCUT2D eigenvalue weighted by molar-refractivity contribution is 5.79. The minimum Gasteiger partial charge on any atom is -0.481 e. The van der Waals surface area contributed by atoms with E-state index in [1.807, 2.05) is 32.0 Å². The molecular formula is C17H23NO3. The molecule has 1 aliphatic rings. The van der Waals surface area contributed by atoms with Gasteiger partial charge in [0.2, 0.25) is 5.91 Å². The minimum absolute atomic E-state index is 0.0335. The predicted octanol–water partition coefficient (Wildman–Crippen LogP) is 2.61. The average molecular weight is 289 g/mol. The third kappa shape index (κ3) is 4.06. The quantitative estimate of drug-likeness (QED) is 0.895. The van der Waals surface area contributed by atoms with Crippen LogP contribution in [-0.4, -0.2) is 23.0 Å². The lowest BCUT2D eigenvalue weighted by atomic mass is 9.86. The number of benzene rings is 1. The number of aryl methyl sites for hydroxylation is 2. The molecule has 4 heteroatoms. The molecule has 21 heavy (non-hydrogen) atoms. The molecule has 0 saturated heterocycles. The van der Waals surface area contributed by atoms with E-state index in [9.17, 15) is 9.59 Å². The van der Waals surface area contributed by atoms with Crippen LogP contribution in [0.2, 0.25) is 0 Å². The Bertz CT molecular complexity index is 511. The summed E-state index contributed by atoms with van der Waals surface area (Å²) in [6, 6.07) is 6.16. The summed E-state index contributed by atoms with van der Waals surface area (Å²) in [5.41, 5.74) is 3.37. The van der Waals surface area contributed by atoms with Crippen molar-refractivity contribution < 1.29 is 14.7 Å². The van der Waals surface area contributed by atoms with Crippen molar-refractivity contribution in [2.75, 3.05) is 0 Å². The van der Waals surface area contributed by atoms with Crippen LogP contribution < -0.4 is 5.32 Å². The average Bonchev–Trinajstić information content (AvgIpc) is 2.43. The van der Waals surface area contributed by atoms with Gasteiger partial charge in [0.15, 0.2) is 0 Å². The monoisotopic (exact) mass is 289 g/mol. The number of carboxylic acid groups (broad SMARTS) is 1. The predicted molar refractivity (Wildman–Crippen MR) is 81.1 cm³/mol. The van der Waals surface area contributed by atoms with Crippen LogP contribution in [0.1, 0.15) is 42.4 Å². The van der Waals surface area contributed by atoms with E-state index in [0.29, 0.717) is 19.3 Å². The number of amides is 1. The number of rotatable bonds is 4. The molecule has 0 aliphatic heterocycles. The first-order chi connectivity index (χ1) is 9.97. The van der Waals surface area contributed by atoms with Crippen LogP contribution in [0, 0.1) is 19.8 Å². The van der Waals surface area contributed by atoms with E-state index < -0.39 is 5.97 Å². The number of carbonyl (C=O) groups excluding carboxylic acids is 1. The van der Waals surface area contributed by atoms with E-state index in [-0.39, 0.29) is 17.9 Å². The molecule has 0 atom stereocenters. The molecule has 2 N–H and O–H groups in total. The maximum Gasteiger partial charge on any atom is 0.306 e. The molecular weight excluding hydrogens is 266 g/mol. The normalized spacial score (nSPS) is 21.8. The van der Waals surface area contributed by atoms with Gasteiger partial charge in [-0.15, -0.1) is 0 Å². The molecule has 1 amide bonds. The largest absolute Gasteiger partial charge is 0.481 e. The summed E-state index contributed by atoms with van der Waals surface area (Å²) in [7, 11) is 0. The lowest BCUT2D eigenvalue weighted by Crippen LogP contribution is -2.39. The van der Waals surface area contributed by atoms with Gasteiger partial charge in [-0.1, -0.05) is 18.2 Å². The van der Waals surface area contributed by atoms with Gasteiger partial charge in [0, 0.05) is 6.04 Å². The molecule has 1 aliphatic carbocycles. The van der Waals surface area contributed by atoms with E-state index in [2.05, 4.69) is 5.32 Å². The van der Waals surface area contributed by atoms with Crippen LogP contribution in [0.15, 0.2) is 18.2 Å². The molecule has 2 rings (SSSR count). The van der Waals surface area contributed by atoms with Gasteiger partial charge in [-0.25, -0.2) is 0 Å². The van der Waals surface area contributed by atoms with Crippen molar-refractivity contribution in [3.63, 3.8) is 0 Å². The smallest absolute Gasteiger partial charge is 0.306 e. The van der Waals surface area contributed by atoms with Crippen molar-refractivity contribution in [2.45, 2.75) is 52.0 Å². The maximum atomic E-state index is 12.2. The number of hydrogen-bond donors (Lipinski definition) is 2. The van der Waals surface area contributed by atoms with Gasteiger partial charge < -0.3 is 10.4 Å². The summed E-state index contributed by atoms with van der Waals surface area (Å²) >= 11 is 0. The molecule has 1 aromatic rings. The molecule has 0 spiro atoms. The fourth-order valence-corrected chi connectivity index (χ4v) is 3.05. The Morgan fingerprint density at radius 3 is 2.24 bits per heavy atom. The number of aliphatic carboxylic acids is 1. The molecule has 0 radical (unpaired) electrons. The highest BCUT2D eigenvalue weighted by Gasteiger charge is 2.26. The maximum absolute atomic E-state index is 12.2. The number of nitrogens with one attached hydrogen (secondary N) is 1. The SMILES string of the molecule is Cc1cccc(C)c1CC(=O)NC1CCC(C(=O)O)CC1. The second kappa shape index (κ2) is 6.74. The molecule has 0 aromatic heterocycles. The molecule has 0 heterocycles. The second-order valence-electron chi connectivity index (χ2n) is 6.00. The Kier molecular flexibility index (Phi) is 4.99. The van der Waals surface area contributed by atoms with Crippen LogP contribution in [0.5, 0.6) is 0 Å². The lowest BCUT2D eigenvalue weighted by Gasteiger charge is -2.27. The first-order valence-electron chi connectivity index (χ1n) is 7.54. The van der Waals surface area contributed by atoms with Crippen LogP contribution in [0.3, 0.4) is 0 Å². The van der Waals surface area contributed by atoms with E-state index in [1.165, 1.54) is 0 Å². The Morgan fingerprint density at radius 1 is 1.14 bits per heavy atom. The van der Waals surface area contributed by atoms with Crippen LogP contribution in [0.4, 0.5) is 0 Å². The lowest BCUT2D eigenvalue weighted by molar-refractivity contribution is -0.142. The number of hydrogen-bond acceptors (Lipinski definition) is 2. The zero-order valence-electron chi connectivity index (χ0n) is 12.7. The first kappa shape index (κ1) is 15.5. The Hall–Kier alpha value is -1.84. The highest BCUT2D eigenvalue weighted by atomic mass is 16.4. The van der Waals surface area contributed by atoms with Crippen molar-refractivity contribution in [1.29, 1.82) is 0 Å². The van der Waals surface area contributed by atoms with E-state index in [1.54, 1.807) is 0 Å². The van der Waals surface area contributed by atoms with E-state index >= 15 is 0 Å². The number of carboxylic acids is 1. The summed E-state index contributed by atoms with van der Waals surface area (Å²) in [6.07, 6.45) is 3.23. The van der Waals surface area contributed by atoms with Gasteiger partial charge in [0.1, 0.15) is 0 Å². The Balaban J connectivity index is 1.87. The van der Waals surface area contributed by atoms with Gasteiger partial charge in [0.05, 0.1) is 12.3 Å². The van der Waals surface area contributed by atoms with Crippen LogP contribution >= 0.6 is 0 Å². The number of carbonyl (C=O) groups is 2. The Labute approximate surface area is 125 Å². The van der Waals surface area contributed by atoms with Crippen molar-refractivity contribution in [2.24, 2.45) is 5.92 Å². The van der Waals surface area contributed by atoms with Crippen molar-refractivity contribution in [3.05, 3.63) is 34.9 Å². The van der Waals surface area contributed by atoms with Gasteiger partial charge in [-0.05, 0) is 56.2 Å². The van der Waals surface area contributed by atoms with Gasteiger partial charge in [-0.3, -0.25) is 9.59 Å². The Morgan fingerprint density at radius 2 is 1.71 bits per heavy atom. The van der Waals surface area contributed by atoms with Gasteiger partial charge in [-0.2, -0.15) is 0 Å². The van der Waals surface area contributed by atoms with Crippen LogP contribution in [0.25, 0.3) is 0 Å². The van der Waals surface area contributed by atoms with Gasteiger partial charge >= 0.3 is 5.97 Å². The molecule has 0 bridgehead atoms. The van der Waals surface area contributed by atoms with Crippen molar-refractivity contribution in [3.8, 4) is 0 Å². The van der Waals surface area contributed by atoms with Gasteiger partial charge in [0.25, 0.3) is 0 Å². The second-order valence-corrected chi connectivity index (χ2v) is 6.00. The summed E-state index contributed by atoms with van der Waals surface area (Å²) < 4.78 is 0. The molecule has 0 unspecified atom stereocenters. The fourth-order valence-electron chi connectivity index (χ4n) is 3.05. The topological polar surface area (TPSA) is 66.4 Å². The molecule has 4 nitrogen and oxygen atoms in total. The fraction of sp³-hybridized carbons (Fsp3) is 0.529. The zero-order chi connectivity index (χ0) is 15.4. The molecule has 1 saturated carbocycles. The third-order valence-electron chi connectivity index (χ3n) is 4.42. The standard InChI is InChI=1S/C17H23NO3/c1-11-4-3-5-12(2)15(11)10-16(19)18-14-8-6-13(7-9-14)17(20)21/h3-5,13-14H,6-10H2,1-2H3,(H,18,19)(H,20,21). The summed E-state index contributed by atoms with van der Waals surface area (Å²) in [4.78, 5) is 23.1. The first-order valence-corrected chi connectivity index (χ1v) is 7.54.